The standard InChI is InChI=1S/C20H15BrCl2N2O4.C18H11BrCl2N2O4/c1-3-28-20(26)18-14-9-29-16-8-17(27-2)15(21)7-13(16)19(14)25(24-18)12-5-10(22)4-11(23)6-12;1-26-15-6-14-11(5-13(15)19)17-12(7-27-14)16(18(24)25)22-23(17)10-3-8(20)2-9(21)4-10/h4-8H,3,9H2,1-2H3;2-6H,7H2,1H3,(H,24,25). The molecule has 4 heterocycles. The number of esters is 1. The molecule has 0 saturated heterocycles. The maximum absolute atomic E-state index is 12.5. The van der Waals surface area contributed by atoms with Gasteiger partial charge in [-0.2, -0.15) is 10.2 Å². The Labute approximate surface area is 355 Å². The molecule has 4 aromatic carbocycles. The molecule has 1 N–H and O–H groups in total. The van der Waals surface area contributed by atoms with E-state index in [1.807, 2.05) is 12.1 Å². The molecule has 6 aromatic rings. The molecule has 0 bridgehead atoms. The Kier molecular flexibility index (Phi) is 11.5. The zero-order chi connectivity index (χ0) is 40.0. The summed E-state index contributed by atoms with van der Waals surface area (Å²) in [7, 11) is 3.14. The van der Waals surface area contributed by atoms with E-state index < -0.39 is 11.9 Å². The lowest BCUT2D eigenvalue weighted by Crippen LogP contribution is -2.12. The van der Waals surface area contributed by atoms with E-state index in [1.54, 1.807) is 74.4 Å². The number of methoxy groups -OCH3 is 2. The van der Waals surface area contributed by atoms with Crippen LogP contribution in [0.2, 0.25) is 20.1 Å². The average Bonchev–Trinajstić information content (AvgIpc) is 3.75. The molecule has 0 atom stereocenters. The van der Waals surface area contributed by atoms with Crippen LogP contribution in [-0.4, -0.2) is 57.4 Å². The molecule has 0 unspecified atom stereocenters. The third kappa shape index (κ3) is 7.53. The minimum absolute atomic E-state index is 0.0725. The SMILES string of the molecule is CCOC(=O)c1nn(-c2cc(Cl)cc(Cl)c2)c2c1COc1cc(OC)c(Br)cc1-2.COc1cc2c(cc1Br)-c1c(c(C(=O)O)nn1-c1cc(Cl)cc(Cl)c1)CO2. The van der Waals surface area contributed by atoms with Crippen molar-refractivity contribution >= 4 is 90.2 Å². The van der Waals surface area contributed by atoms with Gasteiger partial charge < -0.3 is 28.8 Å². The number of carbonyl (C=O) groups excluding carboxylic acids is 1. The monoisotopic (exact) mass is 964 g/mol. The molecule has 56 heavy (non-hydrogen) atoms. The lowest BCUT2D eigenvalue weighted by molar-refractivity contribution is 0.0515. The van der Waals surface area contributed by atoms with Crippen LogP contribution < -0.4 is 18.9 Å². The number of carboxylic acid groups (broad SMARTS) is 1. The average molecular weight is 968 g/mol. The fourth-order valence-electron chi connectivity index (χ4n) is 6.25. The van der Waals surface area contributed by atoms with Crippen LogP contribution in [0.1, 0.15) is 39.0 Å². The molecule has 2 aliphatic heterocycles. The molecule has 12 nitrogen and oxygen atoms in total. The predicted molar refractivity (Wildman–Crippen MR) is 218 cm³/mol. The van der Waals surface area contributed by atoms with Gasteiger partial charge in [-0.15, -0.1) is 0 Å². The van der Waals surface area contributed by atoms with Crippen molar-refractivity contribution in [3.8, 4) is 56.9 Å². The summed E-state index contributed by atoms with van der Waals surface area (Å²) in [5, 5.41) is 20.2. The van der Waals surface area contributed by atoms with E-state index in [1.165, 1.54) is 4.68 Å². The van der Waals surface area contributed by atoms with Crippen LogP contribution >= 0.6 is 78.3 Å². The molecule has 288 valence electrons. The first kappa shape index (κ1) is 39.8. The van der Waals surface area contributed by atoms with Gasteiger partial charge in [0.05, 0.1) is 63.7 Å². The first-order chi connectivity index (χ1) is 26.8. The number of aromatic nitrogens is 4. The molecule has 2 aliphatic rings. The number of rotatable bonds is 7. The number of hydrogen-bond donors (Lipinski definition) is 1. The van der Waals surface area contributed by atoms with Crippen molar-refractivity contribution in [1.82, 2.24) is 19.6 Å². The summed E-state index contributed by atoms with van der Waals surface area (Å²) in [4.78, 5) is 24.3. The Bertz CT molecular complexity index is 2540. The Hall–Kier alpha value is -4.44. The van der Waals surface area contributed by atoms with Crippen LogP contribution in [0, 0.1) is 0 Å². The number of ether oxygens (including phenoxy) is 5. The van der Waals surface area contributed by atoms with Gasteiger partial charge in [-0.3, -0.25) is 0 Å². The van der Waals surface area contributed by atoms with Crippen LogP contribution in [0.25, 0.3) is 33.9 Å². The molecule has 0 spiro atoms. The van der Waals surface area contributed by atoms with E-state index in [0.29, 0.717) is 87.0 Å². The third-order valence-corrected chi connectivity index (χ3v) is 10.7. The molecule has 0 fully saturated rings. The highest BCUT2D eigenvalue weighted by molar-refractivity contribution is 9.11. The predicted octanol–water partition coefficient (Wildman–Crippen LogP) is 10.9. The zero-order valence-electron chi connectivity index (χ0n) is 29.3. The summed E-state index contributed by atoms with van der Waals surface area (Å²) in [6, 6.07) is 17.2. The number of fused-ring (bicyclic) bond motifs is 6. The number of nitrogens with zero attached hydrogens (tertiary/aromatic N) is 4. The van der Waals surface area contributed by atoms with E-state index in [4.69, 9.17) is 70.1 Å². The molecular formula is C38H26Br2Cl4N4O8. The van der Waals surface area contributed by atoms with Crippen LogP contribution in [0.3, 0.4) is 0 Å². The molecular weight excluding hydrogens is 942 g/mol. The van der Waals surface area contributed by atoms with Crippen LogP contribution in [0.15, 0.2) is 69.6 Å². The molecule has 18 heteroatoms. The maximum Gasteiger partial charge on any atom is 0.359 e. The highest BCUT2D eigenvalue weighted by Gasteiger charge is 2.33. The maximum atomic E-state index is 12.5. The van der Waals surface area contributed by atoms with Gasteiger partial charge in [0.1, 0.15) is 36.2 Å². The van der Waals surface area contributed by atoms with Crippen molar-refractivity contribution in [3.05, 3.63) is 112 Å². The molecule has 0 amide bonds. The third-order valence-electron chi connectivity index (χ3n) is 8.58. The van der Waals surface area contributed by atoms with E-state index >= 15 is 0 Å². The number of carbonyl (C=O) groups is 2. The number of carboxylic acids is 1. The Balaban J connectivity index is 0.000000172. The lowest BCUT2D eigenvalue weighted by atomic mass is 10.0. The van der Waals surface area contributed by atoms with Crippen LogP contribution in [0.5, 0.6) is 23.0 Å². The van der Waals surface area contributed by atoms with Crippen molar-refractivity contribution < 1.29 is 38.4 Å². The quantitative estimate of drug-likeness (QED) is 0.154. The van der Waals surface area contributed by atoms with E-state index in [-0.39, 0.29) is 31.2 Å². The summed E-state index contributed by atoms with van der Waals surface area (Å²) in [6.07, 6.45) is 0. The Morgan fingerprint density at radius 1 is 0.696 bits per heavy atom. The topological polar surface area (TPSA) is 136 Å². The summed E-state index contributed by atoms with van der Waals surface area (Å²) in [6.45, 7) is 2.22. The molecule has 8 rings (SSSR count). The number of aromatic carboxylic acids is 1. The van der Waals surface area contributed by atoms with E-state index in [0.717, 1.165) is 10.0 Å². The molecule has 0 saturated carbocycles. The normalized spacial score (nSPS) is 12.1. The van der Waals surface area contributed by atoms with Gasteiger partial charge in [-0.05, 0) is 87.3 Å². The number of benzene rings is 4. The van der Waals surface area contributed by atoms with E-state index in [9.17, 15) is 14.7 Å². The fraction of sp³-hybridized carbons (Fsp3) is 0.158. The van der Waals surface area contributed by atoms with Gasteiger partial charge in [0, 0.05) is 43.4 Å². The van der Waals surface area contributed by atoms with Crippen molar-refractivity contribution in [3.63, 3.8) is 0 Å². The molecule has 2 aromatic heterocycles. The highest BCUT2D eigenvalue weighted by atomic mass is 79.9. The second-order valence-corrected chi connectivity index (χ2v) is 15.5. The van der Waals surface area contributed by atoms with Crippen molar-refractivity contribution in [2.24, 2.45) is 0 Å². The van der Waals surface area contributed by atoms with Crippen molar-refractivity contribution in [2.75, 3.05) is 20.8 Å². The van der Waals surface area contributed by atoms with Crippen molar-refractivity contribution in [1.29, 1.82) is 0 Å². The Morgan fingerprint density at radius 3 is 1.50 bits per heavy atom. The number of halogens is 6. The van der Waals surface area contributed by atoms with Gasteiger partial charge in [0.25, 0.3) is 0 Å². The fourth-order valence-corrected chi connectivity index (χ4v) is 8.29. The van der Waals surface area contributed by atoms with Gasteiger partial charge >= 0.3 is 11.9 Å². The zero-order valence-corrected chi connectivity index (χ0v) is 35.5. The van der Waals surface area contributed by atoms with Gasteiger partial charge in [0.15, 0.2) is 11.4 Å². The highest BCUT2D eigenvalue weighted by Crippen LogP contribution is 2.46. The van der Waals surface area contributed by atoms with Gasteiger partial charge in [-0.25, -0.2) is 19.0 Å². The second-order valence-electron chi connectivity index (χ2n) is 12.0. The minimum atomic E-state index is -1.14. The summed E-state index contributed by atoms with van der Waals surface area (Å²) >= 11 is 31.6. The minimum Gasteiger partial charge on any atom is -0.495 e. The first-order valence-corrected chi connectivity index (χ1v) is 19.5. The number of hydrogen-bond acceptors (Lipinski definition) is 9. The summed E-state index contributed by atoms with van der Waals surface area (Å²) in [5.74, 6) is 0.756. The largest absolute Gasteiger partial charge is 0.495 e. The van der Waals surface area contributed by atoms with Crippen molar-refractivity contribution in [2.45, 2.75) is 20.1 Å². The smallest absolute Gasteiger partial charge is 0.359 e. The van der Waals surface area contributed by atoms with Crippen LogP contribution in [0.4, 0.5) is 0 Å². The molecule has 0 radical (unpaired) electrons. The summed E-state index contributed by atoms with van der Waals surface area (Å²) < 4.78 is 32.1. The Morgan fingerprint density at radius 2 is 1.11 bits per heavy atom. The van der Waals surface area contributed by atoms with Gasteiger partial charge in [0.2, 0.25) is 0 Å². The second kappa shape index (κ2) is 16.2. The molecule has 0 aliphatic carbocycles. The van der Waals surface area contributed by atoms with Crippen LogP contribution in [-0.2, 0) is 18.0 Å². The van der Waals surface area contributed by atoms with Gasteiger partial charge in [-0.1, -0.05) is 46.4 Å². The lowest BCUT2D eigenvalue weighted by Gasteiger charge is -2.21. The van der Waals surface area contributed by atoms with E-state index in [2.05, 4.69) is 42.1 Å². The first-order valence-electron chi connectivity index (χ1n) is 16.4. The summed E-state index contributed by atoms with van der Waals surface area (Å²) in [5.41, 5.74) is 5.12.